The first-order valence-electron chi connectivity index (χ1n) is 8.21. The van der Waals surface area contributed by atoms with Gasteiger partial charge in [-0.15, -0.1) is 0 Å². The van der Waals surface area contributed by atoms with Crippen molar-refractivity contribution in [3.05, 3.63) is 96.4 Å². The smallest absolute Gasteiger partial charge is 0.213 e. The normalized spacial score (nSPS) is 14.4. The number of pyridine rings is 1. The van der Waals surface area contributed by atoms with Crippen molar-refractivity contribution >= 4 is 11.8 Å². The van der Waals surface area contributed by atoms with Gasteiger partial charge in [0.15, 0.2) is 0 Å². The maximum Gasteiger partial charge on any atom is 0.213 e. The zero-order valence-corrected chi connectivity index (χ0v) is 14.0. The van der Waals surface area contributed by atoms with E-state index in [1.807, 2.05) is 29.4 Å². The first-order valence-corrected chi connectivity index (χ1v) is 8.21. The van der Waals surface area contributed by atoms with Crippen molar-refractivity contribution in [2.24, 2.45) is 4.99 Å². The number of aryl methyl sites for hydroxylation is 1. The summed E-state index contributed by atoms with van der Waals surface area (Å²) in [5.74, 6) is -0.492. The van der Waals surface area contributed by atoms with Gasteiger partial charge in [-0.2, -0.15) is 4.39 Å². The average Bonchev–Trinajstić information content (AvgIpc) is 2.66. The van der Waals surface area contributed by atoms with E-state index in [2.05, 4.69) is 40.8 Å². The minimum absolute atomic E-state index is 0.492. The molecule has 0 unspecified atom stereocenters. The van der Waals surface area contributed by atoms with Crippen LogP contribution in [0.2, 0.25) is 0 Å². The van der Waals surface area contributed by atoms with Gasteiger partial charge in [-0.3, -0.25) is 4.99 Å². The molecular formula is C21H20FN3. The van der Waals surface area contributed by atoms with E-state index in [9.17, 15) is 4.39 Å². The van der Waals surface area contributed by atoms with Gasteiger partial charge in [-0.1, -0.05) is 43.0 Å². The zero-order valence-electron chi connectivity index (χ0n) is 14.0. The molecule has 1 aliphatic heterocycles. The summed E-state index contributed by atoms with van der Waals surface area (Å²) < 4.78 is 13.3. The number of rotatable bonds is 6. The summed E-state index contributed by atoms with van der Waals surface area (Å²) in [4.78, 5) is 9.95. The molecule has 0 radical (unpaired) electrons. The summed E-state index contributed by atoms with van der Waals surface area (Å²) in [6, 6.07) is 13.6. The van der Waals surface area contributed by atoms with Crippen molar-refractivity contribution in [2.75, 3.05) is 6.67 Å². The third-order valence-electron chi connectivity index (χ3n) is 3.98. The van der Waals surface area contributed by atoms with Crippen LogP contribution in [-0.4, -0.2) is 22.8 Å². The van der Waals surface area contributed by atoms with E-state index in [-0.39, 0.29) is 0 Å². The molecule has 3 rings (SSSR count). The van der Waals surface area contributed by atoms with Crippen molar-refractivity contribution in [2.45, 2.75) is 12.8 Å². The molecule has 2 heterocycles. The molecule has 25 heavy (non-hydrogen) atoms. The standard InChI is InChI=1S/C21H20FN3/c1-2-17(8-9-18-6-4-3-5-7-18)14-25-15-20(13-23-16-25)19-10-11-24-21(22)12-19/h2-7,10-15H,1,8-9,16H2/b17-14+. The summed E-state index contributed by atoms with van der Waals surface area (Å²) in [7, 11) is 0. The van der Waals surface area contributed by atoms with Crippen LogP contribution in [0.25, 0.3) is 5.57 Å². The summed E-state index contributed by atoms with van der Waals surface area (Å²) >= 11 is 0. The molecule has 1 aromatic heterocycles. The van der Waals surface area contributed by atoms with Crippen molar-refractivity contribution in [1.82, 2.24) is 9.88 Å². The van der Waals surface area contributed by atoms with Crippen LogP contribution in [0, 0.1) is 5.95 Å². The molecule has 0 fully saturated rings. The minimum Gasteiger partial charge on any atom is -0.334 e. The molecular weight excluding hydrogens is 313 g/mol. The summed E-state index contributed by atoms with van der Waals surface area (Å²) in [5.41, 5.74) is 4.06. The van der Waals surface area contributed by atoms with Gasteiger partial charge >= 0.3 is 0 Å². The number of nitrogens with zero attached hydrogens (tertiary/aromatic N) is 3. The number of hydrogen-bond donors (Lipinski definition) is 0. The lowest BCUT2D eigenvalue weighted by molar-refractivity contribution is 0.517. The Kier molecular flexibility index (Phi) is 5.52. The second kappa shape index (κ2) is 8.20. The molecule has 0 amide bonds. The van der Waals surface area contributed by atoms with Gasteiger partial charge in [0.2, 0.25) is 5.95 Å². The van der Waals surface area contributed by atoms with Crippen molar-refractivity contribution in [3.8, 4) is 0 Å². The third kappa shape index (κ3) is 4.73. The Hall–Kier alpha value is -3.01. The predicted molar refractivity (Wildman–Crippen MR) is 100 cm³/mol. The van der Waals surface area contributed by atoms with Crippen LogP contribution < -0.4 is 0 Å². The van der Waals surface area contributed by atoms with Gasteiger partial charge in [-0.05, 0) is 35.6 Å². The molecule has 2 aromatic rings. The quantitative estimate of drug-likeness (QED) is 0.570. The largest absolute Gasteiger partial charge is 0.334 e. The predicted octanol–water partition coefficient (Wildman–Crippen LogP) is 4.61. The highest BCUT2D eigenvalue weighted by Crippen LogP contribution is 2.18. The number of aliphatic imine (C=N–C) groups is 1. The fourth-order valence-corrected chi connectivity index (χ4v) is 2.66. The first-order chi connectivity index (χ1) is 12.2. The summed E-state index contributed by atoms with van der Waals surface area (Å²) in [6.07, 6.45) is 11.0. The Labute approximate surface area is 147 Å². The van der Waals surface area contributed by atoms with Gasteiger partial charge in [-0.25, -0.2) is 4.98 Å². The highest BCUT2D eigenvalue weighted by Gasteiger charge is 2.08. The van der Waals surface area contributed by atoms with Gasteiger partial charge in [0, 0.05) is 36.5 Å². The number of halogens is 1. The maximum absolute atomic E-state index is 13.3. The number of benzene rings is 1. The van der Waals surface area contributed by atoms with Crippen LogP contribution >= 0.6 is 0 Å². The van der Waals surface area contributed by atoms with Crippen LogP contribution in [0.15, 0.2) is 84.3 Å². The Balaban J connectivity index is 1.72. The lowest BCUT2D eigenvalue weighted by Gasteiger charge is -2.20. The van der Waals surface area contributed by atoms with Crippen LogP contribution in [-0.2, 0) is 6.42 Å². The van der Waals surface area contributed by atoms with E-state index in [4.69, 9.17) is 0 Å². The molecule has 0 aliphatic carbocycles. The number of hydrogen-bond acceptors (Lipinski definition) is 3. The number of aromatic nitrogens is 1. The van der Waals surface area contributed by atoms with Crippen molar-refractivity contribution < 1.29 is 4.39 Å². The number of allylic oxidation sites excluding steroid dienone is 3. The van der Waals surface area contributed by atoms with E-state index >= 15 is 0 Å². The van der Waals surface area contributed by atoms with E-state index in [0.717, 1.165) is 29.6 Å². The fourth-order valence-electron chi connectivity index (χ4n) is 2.66. The van der Waals surface area contributed by atoms with E-state index in [1.54, 1.807) is 12.3 Å². The summed E-state index contributed by atoms with van der Waals surface area (Å²) in [5, 5.41) is 0. The third-order valence-corrected chi connectivity index (χ3v) is 3.98. The van der Waals surface area contributed by atoms with Gasteiger partial charge in [0.1, 0.15) is 6.67 Å². The monoisotopic (exact) mass is 333 g/mol. The lowest BCUT2D eigenvalue weighted by Crippen LogP contribution is -2.15. The molecule has 0 atom stereocenters. The molecule has 1 aromatic carbocycles. The van der Waals surface area contributed by atoms with Crippen LogP contribution in [0.3, 0.4) is 0 Å². The van der Waals surface area contributed by atoms with E-state index in [0.29, 0.717) is 6.67 Å². The van der Waals surface area contributed by atoms with Crippen LogP contribution in [0.1, 0.15) is 17.5 Å². The second-order valence-corrected chi connectivity index (χ2v) is 5.81. The van der Waals surface area contributed by atoms with Gasteiger partial charge in [0.25, 0.3) is 0 Å². The van der Waals surface area contributed by atoms with Gasteiger partial charge < -0.3 is 4.90 Å². The average molecular weight is 333 g/mol. The first kappa shape index (κ1) is 16.8. The van der Waals surface area contributed by atoms with Crippen molar-refractivity contribution in [1.29, 1.82) is 0 Å². The highest BCUT2D eigenvalue weighted by atomic mass is 19.1. The molecule has 1 aliphatic rings. The lowest BCUT2D eigenvalue weighted by atomic mass is 10.1. The van der Waals surface area contributed by atoms with Crippen molar-refractivity contribution in [3.63, 3.8) is 0 Å². The Morgan fingerprint density at radius 2 is 2.08 bits per heavy atom. The minimum atomic E-state index is -0.492. The molecule has 0 bridgehead atoms. The molecule has 3 nitrogen and oxygen atoms in total. The van der Waals surface area contributed by atoms with E-state index < -0.39 is 5.95 Å². The molecule has 126 valence electrons. The Bertz CT molecular complexity index is 822. The van der Waals surface area contributed by atoms with Crippen LogP contribution in [0.5, 0.6) is 0 Å². The fraction of sp³-hybridized carbons (Fsp3) is 0.143. The maximum atomic E-state index is 13.3. The molecule has 0 saturated carbocycles. The Morgan fingerprint density at radius 3 is 2.84 bits per heavy atom. The topological polar surface area (TPSA) is 28.5 Å². The summed E-state index contributed by atoms with van der Waals surface area (Å²) in [6.45, 7) is 4.46. The zero-order chi connectivity index (χ0) is 17.5. The van der Waals surface area contributed by atoms with Crippen LogP contribution in [0.4, 0.5) is 4.39 Å². The van der Waals surface area contributed by atoms with Gasteiger partial charge in [0.05, 0.1) is 0 Å². The van der Waals surface area contributed by atoms with E-state index in [1.165, 1.54) is 17.8 Å². The SMILES string of the molecule is C=C/C(=C\N1C=C(c2ccnc(F)c2)C=NC1)CCc1ccccc1. The molecule has 0 N–H and O–H groups in total. The second-order valence-electron chi connectivity index (χ2n) is 5.81. The highest BCUT2D eigenvalue weighted by molar-refractivity contribution is 6.10. The molecule has 4 heteroatoms. The Morgan fingerprint density at radius 1 is 1.24 bits per heavy atom. The molecule has 0 spiro atoms. The molecule has 0 saturated heterocycles.